The van der Waals surface area contributed by atoms with Crippen LogP contribution < -0.4 is 10.6 Å². The average Bonchev–Trinajstić information content (AvgIpc) is 2.50. The van der Waals surface area contributed by atoms with Crippen LogP contribution in [0.3, 0.4) is 0 Å². The lowest BCUT2D eigenvalue weighted by molar-refractivity contribution is 0.454. The van der Waals surface area contributed by atoms with Crippen molar-refractivity contribution >= 4 is 11.5 Å². The van der Waals surface area contributed by atoms with Gasteiger partial charge in [0.25, 0.3) is 0 Å². The maximum Gasteiger partial charge on any atom is 0.133 e. The van der Waals surface area contributed by atoms with Crippen molar-refractivity contribution in [1.82, 2.24) is 15.3 Å². The van der Waals surface area contributed by atoms with E-state index in [0.717, 1.165) is 35.9 Å². The second-order valence-electron chi connectivity index (χ2n) is 5.76. The second-order valence-corrected chi connectivity index (χ2v) is 5.76. The van der Waals surface area contributed by atoms with E-state index in [1.807, 2.05) is 12.3 Å². The van der Waals surface area contributed by atoms with Crippen LogP contribution >= 0.6 is 0 Å². The summed E-state index contributed by atoms with van der Waals surface area (Å²) in [5.74, 6) is 1.43. The molecule has 0 radical (unpaired) electrons. The Morgan fingerprint density at radius 3 is 2.95 bits per heavy atom. The van der Waals surface area contributed by atoms with E-state index in [2.05, 4.69) is 47.7 Å². The first-order valence-corrected chi connectivity index (χ1v) is 7.60. The minimum atomic E-state index is 0.518. The van der Waals surface area contributed by atoms with Gasteiger partial charge in [0.15, 0.2) is 0 Å². The van der Waals surface area contributed by atoms with E-state index in [1.165, 1.54) is 18.5 Å². The highest BCUT2D eigenvalue weighted by Crippen LogP contribution is 2.26. The molecule has 1 aliphatic heterocycles. The zero-order valence-electron chi connectivity index (χ0n) is 12.7. The van der Waals surface area contributed by atoms with Crippen molar-refractivity contribution in [2.24, 2.45) is 0 Å². The molecule has 1 atom stereocenters. The Balaban J connectivity index is 1.85. The van der Waals surface area contributed by atoms with E-state index in [-0.39, 0.29) is 0 Å². The molecule has 3 rings (SSSR count). The summed E-state index contributed by atoms with van der Waals surface area (Å²) in [4.78, 5) is 9.12. The van der Waals surface area contributed by atoms with Gasteiger partial charge in [-0.3, -0.25) is 4.98 Å². The standard InChI is InChI=1S/C17H22N4/c1-12-5-3-8-19-17(12)21-15-9-13(2)20-16(10-15)14-6-4-7-18-11-14/h3,5,8-10,14,18H,4,6-7,11H2,1-2H3,(H,19,20,21). The SMILES string of the molecule is Cc1cc(Nc2ncccc2C)cc(C2CCCNC2)n1. The van der Waals surface area contributed by atoms with Gasteiger partial charge in [-0.2, -0.15) is 0 Å². The molecule has 0 saturated carbocycles. The molecular weight excluding hydrogens is 260 g/mol. The highest BCUT2D eigenvalue weighted by Gasteiger charge is 2.17. The molecule has 4 heteroatoms. The van der Waals surface area contributed by atoms with Crippen molar-refractivity contribution in [2.45, 2.75) is 32.6 Å². The molecule has 2 aromatic heterocycles. The van der Waals surface area contributed by atoms with Crippen molar-refractivity contribution in [1.29, 1.82) is 0 Å². The molecule has 110 valence electrons. The number of pyridine rings is 2. The van der Waals surface area contributed by atoms with E-state index >= 15 is 0 Å². The molecule has 2 N–H and O–H groups in total. The number of hydrogen-bond acceptors (Lipinski definition) is 4. The topological polar surface area (TPSA) is 49.8 Å². The van der Waals surface area contributed by atoms with Crippen LogP contribution in [-0.4, -0.2) is 23.1 Å². The summed E-state index contributed by atoms with van der Waals surface area (Å²) >= 11 is 0. The largest absolute Gasteiger partial charge is 0.340 e. The number of nitrogens with zero attached hydrogens (tertiary/aromatic N) is 2. The van der Waals surface area contributed by atoms with Gasteiger partial charge in [0.1, 0.15) is 5.82 Å². The molecule has 0 aliphatic carbocycles. The Morgan fingerprint density at radius 1 is 1.29 bits per heavy atom. The number of rotatable bonds is 3. The third-order valence-corrected chi connectivity index (χ3v) is 3.96. The third-order valence-electron chi connectivity index (χ3n) is 3.96. The van der Waals surface area contributed by atoms with Crippen molar-refractivity contribution in [3.05, 3.63) is 47.4 Å². The van der Waals surface area contributed by atoms with Gasteiger partial charge >= 0.3 is 0 Å². The van der Waals surface area contributed by atoms with Crippen LogP contribution in [0.1, 0.15) is 35.7 Å². The fraction of sp³-hybridized carbons (Fsp3) is 0.412. The van der Waals surface area contributed by atoms with Crippen molar-refractivity contribution < 1.29 is 0 Å². The first kappa shape index (κ1) is 14.0. The Morgan fingerprint density at radius 2 is 2.19 bits per heavy atom. The summed E-state index contributed by atoms with van der Waals surface area (Å²) in [5, 5.41) is 6.88. The Kier molecular flexibility index (Phi) is 4.15. The quantitative estimate of drug-likeness (QED) is 0.907. The predicted octanol–water partition coefficient (Wildman–Crippen LogP) is 3.30. The summed E-state index contributed by atoms with van der Waals surface area (Å²) in [7, 11) is 0. The Bertz CT molecular complexity index is 618. The fourth-order valence-electron chi connectivity index (χ4n) is 2.83. The summed E-state index contributed by atoms with van der Waals surface area (Å²) < 4.78 is 0. The minimum absolute atomic E-state index is 0.518. The predicted molar refractivity (Wildman–Crippen MR) is 86.1 cm³/mol. The number of aromatic nitrogens is 2. The fourth-order valence-corrected chi connectivity index (χ4v) is 2.83. The molecule has 0 spiro atoms. The first-order valence-electron chi connectivity index (χ1n) is 7.60. The molecule has 1 aliphatic rings. The van der Waals surface area contributed by atoms with Gasteiger partial charge in [-0.15, -0.1) is 0 Å². The van der Waals surface area contributed by atoms with Gasteiger partial charge in [-0.1, -0.05) is 6.07 Å². The van der Waals surface area contributed by atoms with Crippen LogP contribution in [0, 0.1) is 13.8 Å². The van der Waals surface area contributed by atoms with Crippen LogP contribution in [0.25, 0.3) is 0 Å². The Hall–Kier alpha value is -1.94. The molecule has 0 aromatic carbocycles. The van der Waals surface area contributed by atoms with Crippen molar-refractivity contribution in [2.75, 3.05) is 18.4 Å². The normalized spacial score (nSPS) is 18.5. The van der Waals surface area contributed by atoms with E-state index in [4.69, 9.17) is 4.98 Å². The number of piperidine rings is 1. The van der Waals surface area contributed by atoms with Crippen LogP contribution in [0.2, 0.25) is 0 Å². The van der Waals surface area contributed by atoms with Crippen LogP contribution in [0.15, 0.2) is 30.5 Å². The third kappa shape index (κ3) is 3.39. The molecule has 1 fully saturated rings. The van der Waals surface area contributed by atoms with Crippen LogP contribution in [-0.2, 0) is 0 Å². The number of nitrogens with one attached hydrogen (secondary N) is 2. The molecule has 3 heterocycles. The molecule has 1 unspecified atom stereocenters. The smallest absolute Gasteiger partial charge is 0.133 e. The zero-order valence-corrected chi connectivity index (χ0v) is 12.7. The summed E-state index contributed by atoms with van der Waals surface area (Å²) in [6, 6.07) is 8.26. The van der Waals surface area contributed by atoms with E-state index in [9.17, 15) is 0 Å². The summed E-state index contributed by atoms with van der Waals surface area (Å²) in [5.41, 5.74) is 4.45. The number of anilines is 2. The first-order chi connectivity index (χ1) is 10.2. The van der Waals surface area contributed by atoms with E-state index in [0.29, 0.717) is 5.92 Å². The van der Waals surface area contributed by atoms with E-state index in [1.54, 1.807) is 0 Å². The summed E-state index contributed by atoms with van der Waals surface area (Å²) in [6.45, 7) is 6.27. The Labute approximate surface area is 126 Å². The maximum absolute atomic E-state index is 4.72. The lowest BCUT2D eigenvalue weighted by Crippen LogP contribution is -2.28. The van der Waals surface area contributed by atoms with Gasteiger partial charge in [-0.25, -0.2) is 4.98 Å². The number of aryl methyl sites for hydroxylation is 2. The summed E-state index contributed by atoms with van der Waals surface area (Å²) in [6.07, 6.45) is 4.25. The highest BCUT2D eigenvalue weighted by molar-refractivity contribution is 5.59. The van der Waals surface area contributed by atoms with Gasteiger partial charge in [-0.05, 0) is 57.0 Å². The highest BCUT2D eigenvalue weighted by atomic mass is 15.0. The van der Waals surface area contributed by atoms with Gasteiger partial charge in [0.2, 0.25) is 0 Å². The van der Waals surface area contributed by atoms with Gasteiger partial charge in [0.05, 0.1) is 0 Å². The van der Waals surface area contributed by atoms with Gasteiger partial charge < -0.3 is 10.6 Å². The second kappa shape index (κ2) is 6.22. The molecule has 21 heavy (non-hydrogen) atoms. The van der Waals surface area contributed by atoms with Crippen molar-refractivity contribution in [3.63, 3.8) is 0 Å². The number of hydrogen-bond donors (Lipinski definition) is 2. The monoisotopic (exact) mass is 282 g/mol. The van der Waals surface area contributed by atoms with Crippen molar-refractivity contribution in [3.8, 4) is 0 Å². The zero-order chi connectivity index (χ0) is 14.7. The molecule has 2 aromatic rings. The molecule has 1 saturated heterocycles. The van der Waals surface area contributed by atoms with E-state index < -0.39 is 0 Å². The maximum atomic E-state index is 4.72. The molecule has 0 amide bonds. The van der Waals surface area contributed by atoms with Crippen LogP contribution in [0.4, 0.5) is 11.5 Å². The lowest BCUT2D eigenvalue weighted by Gasteiger charge is -2.23. The average molecular weight is 282 g/mol. The molecule has 4 nitrogen and oxygen atoms in total. The van der Waals surface area contributed by atoms with Gasteiger partial charge in [0, 0.05) is 35.7 Å². The minimum Gasteiger partial charge on any atom is -0.340 e. The lowest BCUT2D eigenvalue weighted by atomic mass is 9.95. The molecular formula is C17H22N4. The van der Waals surface area contributed by atoms with Crippen LogP contribution in [0.5, 0.6) is 0 Å². The molecule has 0 bridgehead atoms.